The summed E-state index contributed by atoms with van der Waals surface area (Å²) in [7, 11) is 0. The largest absolute Gasteiger partial charge is 0.355 e. The fraction of sp³-hybridized carbons (Fsp3) is 0.667. The van der Waals surface area contributed by atoms with Crippen molar-refractivity contribution < 1.29 is 4.79 Å². The molecule has 1 fully saturated rings. The predicted molar refractivity (Wildman–Crippen MR) is 69.0 cm³/mol. The number of H-pyrrole nitrogens is 1. The van der Waals surface area contributed by atoms with Crippen LogP contribution in [0.2, 0.25) is 0 Å². The molecule has 0 aliphatic carbocycles. The van der Waals surface area contributed by atoms with E-state index in [1.807, 2.05) is 0 Å². The molecular formula is C12H21N5O. The van der Waals surface area contributed by atoms with Crippen molar-refractivity contribution in [2.24, 2.45) is 5.73 Å². The summed E-state index contributed by atoms with van der Waals surface area (Å²) in [4.78, 5) is 21.0. The Labute approximate surface area is 107 Å². The number of piperidine rings is 1. The SMILES string of the molecule is NC1CCN(CC(=O)NCCc2ncc[nH]2)CC1. The molecule has 1 aliphatic heterocycles. The van der Waals surface area contributed by atoms with E-state index in [1.54, 1.807) is 12.4 Å². The van der Waals surface area contributed by atoms with Gasteiger partial charge in [-0.3, -0.25) is 9.69 Å². The lowest BCUT2D eigenvalue weighted by atomic mass is 10.1. The van der Waals surface area contributed by atoms with Gasteiger partial charge in [-0.15, -0.1) is 0 Å². The number of nitrogens with zero attached hydrogens (tertiary/aromatic N) is 2. The second-order valence-electron chi connectivity index (χ2n) is 4.75. The van der Waals surface area contributed by atoms with E-state index in [1.165, 1.54) is 0 Å². The number of nitrogens with two attached hydrogens (primary N) is 1. The molecule has 2 heterocycles. The molecular weight excluding hydrogens is 230 g/mol. The Kier molecular flexibility index (Phi) is 4.72. The smallest absolute Gasteiger partial charge is 0.234 e. The quantitative estimate of drug-likeness (QED) is 0.658. The molecule has 6 nitrogen and oxygen atoms in total. The second kappa shape index (κ2) is 6.51. The monoisotopic (exact) mass is 251 g/mol. The number of hydrogen-bond acceptors (Lipinski definition) is 4. The maximum absolute atomic E-state index is 11.7. The third-order valence-corrected chi connectivity index (χ3v) is 3.24. The zero-order valence-corrected chi connectivity index (χ0v) is 10.6. The summed E-state index contributed by atoms with van der Waals surface area (Å²) >= 11 is 0. The lowest BCUT2D eigenvalue weighted by molar-refractivity contribution is -0.122. The summed E-state index contributed by atoms with van der Waals surface area (Å²) in [6.07, 6.45) is 6.21. The molecule has 0 unspecified atom stereocenters. The predicted octanol–water partition coefficient (Wildman–Crippen LogP) is -0.508. The van der Waals surface area contributed by atoms with Gasteiger partial charge in [0.2, 0.25) is 5.91 Å². The highest BCUT2D eigenvalue weighted by atomic mass is 16.2. The third-order valence-electron chi connectivity index (χ3n) is 3.24. The first kappa shape index (κ1) is 13.0. The first-order valence-corrected chi connectivity index (χ1v) is 6.47. The highest BCUT2D eigenvalue weighted by Gasteiger charge is 2.17. The van der Waals surface area contributed by atoms with Crippen LogP contribution >= 0.6 is 0 Å². The maximum atomic E-state index is 11.7. The molecule has 0 atom stereocenters. The lowest BCUT2D eigenvalue weighted by Crippen LogP contribution is -2.44. The van der Waals surface area contributed by atoms with Crippen molar-refractivity contribution in [3.8, 4) is 0 Å². The Balaban J connectivity index is 1.60. The van der Waals surface area contributed by atoms with Crippen LogP contribution < -0.4 is 11.1 Å². The van der Waals surface area contributed by atoms with Gasteiger partial charge in [0, 0.05) is 44.5 Å². The van der Waals surface area contributed by atoms with E-state index in [-0.39, 0.29) is 5.91 Å². The number of likely N-dealkylation sites (tertiary alicyclic amines) is 1. The normalized spacial score (nSPS) is 17.8. The molecule has 2 rings (SSSR count). The van der Waals surface area contributed by atoms with E-state index in [4.69, 9.17) is 5.73 Å². The number of aromatic nitrogens is 2. The van der Waals surface area contributed by atoms with Crippen LogP contribution in [-0.2, 0) is 11.2 Å². The van der Waals surface area contributed by atoms with Crippen molar-refractivity contribution in [3.05, 3.63) is 18.2 Å². The zero-order valence-electron chi connectivity index (χ0n) is 10.6. The van der Waals surface area contributed by atoms with Gasteiger partial charge in [0.25, 0.3) is 0 Å². The number of hydrogen-bond donors (Lipinski definition) is 3. The Morgan fingerprint density at radius 3 is 3.00 bits per heavy atom. The number of amides is 1. The molecule has 0 aromatic carbocycles. The number of imidazole rings is 1. The Morgan fingerprint density at radius 2 is 2.33 bits per heavy atom. The third kappa shape index (κ3) is 4.12. The zero-order chi connectivity index (χ0) is 12.8. The number of carbonyl (C=O) groups is 1. The molecule has 0 spiro atoms. The first-order chi connectivity index (χ1) is 8.74. The average molecular weight is 251 g/mol. The van der Waals surface area contributed by atoms with E-state index < -0.39 is 0 Å². The standard InChI is InChI=1S/C12H21N5O/c13-10-2-7-17(8-3-10)9-12(18)16-4-1-11-14-5-6-15-11/h5-6,10H,1-4,7-9,13H2,(H,14,15)(H,16,18). The van der Waals surface area contributed by atoms with Gasteiger partial charge in [-0.05, 0) is 12.8 Å². The summed E-state index contributed by atoms with van der Waals surface area (Å²) in [6.45, 7) is 2.95. The van der Waals surface area contributed by atoms with Crippen LogP contribution in [-0.4, -0.2) is 53.0 Å². The van der Waals surface area contributed by atoms with Crippen molar-refractivity contribution in [2.45, 2.75) is 25.3 Å². The molecule has 1 aliphatic rings. The van der Waals surface area contributed by atoms with Crippen molar-refractivity contribution in [2.75, 3.05) is 26.2 Å². The molecule has 1 aromatic heterocycles. The van der Waals surface area contributed by atoms with Crippen molar-refractivity contribution in [1.82, 2.24) is 20.2 Å². The molecule has 4 N–H and O–H groups in total. The highest BCUT2D eigenvalue weighted by Crippen LogP contribution is 2.07. The van der Waals surface area contributed by atoms with Crippen LogP contribution in [0.5, 0.6) is 0 Å². The van der Waals surface area contributed by atoms with Gasteiger partial charge < -0.3 is 16.0 Å². The summed E-state index contributed by atoms with van der Waals surface area (Å²) in [6, 6.07) is 0.309. The van der Waals surface area contributed by atoms with Crippen molar-refractivity contribution in [3.63, 3.8) is 0 Å². The van der Waals surface area contributed by atoms with E-state index >= 15 is 0 Å². The van der Waals surface area contributed by atoms with Gasteiger partial charge in [0.15, 0.2) is 0 Å². The molecule has 18 heavy (non-hydrogen) atoms. The minimum Gasteiger partial charge on any atom is -0.355 e. The summed E-state index contributed by atoms with van der Waals surface area (Å²) in [5.41, 5.74) is 5.82. The average Bonchev–Trinajstić information content (AvgIpc) is 2.85. The van der Waals surface area contributed by atoms with Crippen molar-refractivity contribution >= 4 is 5.91 Å². The number of carbonyl (C=O) groups excluding carboxylic acids is 1. The fourth-order valence-corrected chi connectivity index (χ4v) is 2.13. The second-order valence-corrected chi connectivity index (χ2v) is 4.75. The van der Waals surface area contributed by atoms with E-state index in [2.05, 4.69) is 20.2 Å². The molecule has 1 amide bonds. The topological polar surface area (TPSA) is 87.0 Å². The van der Waals surface area contributed by atoms with Gasteiger partial charge in [-0.25, -0.2) is 4.98 Å². The van der Waals surface area contributed by atoms with E-state index in [0.717, 1.165) is 38.2 Å². The number of aromatic amines is 1. The van der Waals surface area contributed by atoms with E-state index in [9.17, 15) is 4.79 Å². The highest BCUT2D eigenvalue weighted by molar-refractivity contribution is 5.78. The van der Waals surface area contributed by atoms with Gasteiger partial charge in [0.05, 0.1) is 6.54 Å². The summed E-state index contributed by atoms with van der Waals surface area (Å²) in [5, 5.41) is 2.91. The molecule has 0 bridgehead atoms. The molecule has 6 heteroatoms. The fourth-order valence-electron chi connectivity index (χ4n) is 2.13. The van der Waals surface area contributed by atoms with E-state index in [0.29, 0.717) is 19.1 Å². The molecule has 100 valence electrons. The summed E-state index contributed by atoms with van der Waals surface area (Å²) in [5.74, 6) is 0.983. The Hall–Kier alpha value is -1.40. The van der Waals surface area contributed by atoms with Gasteiger partial charge in [0.1, 0.15) is 5.82 Å². The number of rotatable bonds is 5. The van der Waals surface area contributed by atoms with Crippen LogP contribution in [0.25, 0.3) is 0 Å². The maximum Gasteiger partial charge on any atom is 0.234 e. The number of nitrogens with one attached hydrogen (secondary N) is 2. The minimum atomic E-state index is 0.0806. The lowest BCUT2D eigenvalue weighted by Gasteiger charge is -2.29. The van der Waals surface area contributed by atoms with Crippen LogP contribution in [0.3, 0.4) is 0 Å². The van der Waals surface area contributed by atoms with Crippen molar-refractivity contribution in [1.29, 1.82) is 0 Å². The molecule has 0 saturated carbocycles. The van der Waals surface area contributed by atoms with Gasteiger partial charge in [-0.1, -0.05) is 0 Å². The molecule has 1 aromatic rings. The van der Waals surface area contributed by atoms with Gasteiger partial charge in [-0.2, -0.15) is 0 Å². The molecule has 0 radical (unpaired) electrons. The summed E-state index contributed by atoms with van der Waals surface area (Å²) < 4.78 is 0. The molecule has 1 saturated heterocycles. The van der Waals surface area contributed by atoms with Crippen LogP contribution in [0, 0.1) is 0 Å². The van der Waals surface area contributed by atoms with Crippen LogP contribution in [0.15, 0.2) is 12.4 Å². The van der Waals surface area contributed by atoms with Crippen LogP contribution in [0.1, 0.15) is 18.7 Å². The Morgan fingerprint density at radius 1 is 1.56 bits per heavy atom. The van der Waals surface area contributed by atoms with Gasteiger partial charge >= 0.3 is 0 Å². The minimum absolute atomic E-state index is 0.0806. The van der Waals surface area contributed by atoms with Crippen LogP contribution in [0.4, 0.5) is 0 Å². The Bertz CT molecular complexity index is 357. The first-order valence-electron chi connectivity index (χ1n) is 6.47.